The first kappa shape index (κ1) is 21.7. The summed E-state index contributed by atoms with van der Waals surface area (Å²) in [5, 5.41) is 2.98. The van der Waals surface area contributed by atoms with Gasteiger partial charge in [-0.25, -0.2) is 0 Å². The summed E-state index contributed by atoms with van der Waals surface area (Å²) in [6.45, 7) is -0.283. The summed E-state index contributed by atoms with van der Waals surface area (Å²) in [6, 6.07) is 14.6. The van der Waals surface area contributed by atoms with Gasteiger partial charge in [-0.1, -0.05) is 37.1 Å². The second-order valence-electron chi connectivity index (χ2n) is 7.56. The Morgan fingerprint density at radius 3 is 1.87 bits per heavy atom. The highest BCUT2D eigenvalue weighted by atomic mass is 16.5. The van der Waals surface area contributed by atoms with E-state index in [0.29, 0.717) is 12.3 Å². The number of ether oxygens (including phenoxy) is 3. The number of hydrogen-bond acceptors (Lipinski definition) is 5. The van der Waals surface area contributed by atoms with Crippen molar-refractivity contribution in [3.8, 4) is 11.5 Å². The van der Waals surface area contributed by atoms with E-state index >= 15 is 0 Å². The van der Waals surface area contributed by atoms with Gasteiger partial charge in [0.25, 0.3) is 5.91 Å². The Morgan fingerprint density at radius 1 is 0.900 bits per heavy atom. The van der Waals surface area contributed by atoms with Gasteiger partial charge in [-0.05, 0) is 54.2 Å². The third-order valence-corrected chi connectivity index (χ3v) is 5.50. The molecule has 30 heavy (non-hydrogen) atoms. The number of methoxy groups -OCH3 is 2. The number of carbonyl (C=O) groups is 2. The Kier molecular flexibility index (Phi) is 7.71. The molecule has 0 aliphatic heterocycles. The normalized spacial score (nSPS) is 13.8. The fourth-order valence-electron chi connectivity index (χ4n) is 3.81. The van der Waals surface area contributed by atoms with E-state index in [-0.39, 0.29) is 24.5 Å². The third kappa shape index (κ3) is 5.99. The standard InChI is InChI=1S/C24H29NO5/c1-28-20-11-7-18(8-12-20)24(19-9-13-21(29-2)14-10-19)25-22(26)16-30-23(27)15-17-5-3-4-6-17/h7-14,17,24H,3-6,15-16H2,1-2H3,(H,25,26). The lowest BCUT2D eigenvalue weighted by Gasteiger charge is -2.20. The number of hydrogen-bond donors (Lipinski definition) is 1. The van der Waals surface area contributed by atoms with Crippen molar-refractivity contribution < 1.29 is 23.8 Å². The molecule has 3 rings (SSSR count). The van der Waals surface area contributed by atoms with Crippen molar-refractivity contribution in [2.24, 2.45) is 5.92 Å². The Bertz CT molecular complexity index is 778. The highest BCUT2D eigenvalue weighted by Gasteiger charge is 2.21. The largest absolute Gasteiger partial charge is 0.497 e. The van der Waals surface area contributed by atoms with Gasteiger partial charge < -0.3 is 19.5 Å². The number of amides is 1. The first-order valence-electron chi connectivity index (χ1n) is 10.3. The minimum absolute atomic E-state index is 0.283. The topological polar surface area (TPSA) is 73.9 Å². The summed E-state index contributed by atoms with van der Waals surface area (Å²) < 4.78 is 15.7. The van der Waals surface area contributed by atoms with Gasteiger partial charge in [0.1, 0.15) is 11.5 Å². The van der Waals surface area contributed by atoms with Crippen LogP contribution >= 0.6 is 0 Å². The number of benzene rings is 2. The minimum Gasteiger partial charge on any atom is -0.497 e. The van der Waals surface area contributed by atoms with Crippen LogP contribution in [0.25, 0.3) is 0 Å². The van der Waals surface area contributed by atoms with Crippen LogP contribution < -0.4 is 14.8 Å². The predicted molar refractivity (Wildman–Crippen MR) is 114 cm³/mol. The lowest BCUT2D eigenvalue weighted by molar-refractivity contribution is -0.149. The summed E-state index contributed by atoms with van der Waals surface area (Å²) in [5.41, 5.74) is 1.79. The second-order valence-corrected chi connectivity index (χ2v) is 7.56. The van der Waals surface area contributed by atoms with Crippen LogP contribution in [0.4, 0.5) is 0 Å². The number of esters is 1. The molecule has 0 atom stereocenters. The van der Waals surface area contributed by atoms with Crippen molar-refractivity contribution in [1.29, 1.82) is 0 Å². The molecular weight excluding hydrogens is 382 g/mol. The van der Waals surface area contributed by atoms with Crippen LogP contribution in [-0.2, 0) is 14.3 Å². The molecule has 6 nitrogen and oxygen atoms in total. The average Bonchev–Trinajstić information content (AvgIpc) is 3.29. The van der Waals surface area contributed by atoms with Gasteiger partial charge in [0.2, 0.25) is 0 Å². The molecule has 2 aromatic rings. The molecule has 0 unspecified atom stereocenters. The van der Waals surface area contributed by atoms with Crippen LogP contribution in [0.3, 0.4) is 0 Å². The maximum atomic E-state index is 12.6. The lowest BCUT2D eigenvalue weighted by atomic mass is 9.98. The summed E-state index contributed by atoms with van der Waals surface area (Å²) in [4.78, 5) is 24.6. The van der Waals surface area contributed by atoms with Crippen LogP contribution in [0.15, 0.2) is 48.5 Å². The number of nitrogens with one attached hydrogen (secondary N) is 1. The molecule has 1 N–H and O–H groups in total. The van der Waals surface area contributed by atoms with Gasteiger partial charge in [0, 0.05) is 6.42 Å². The summed E-state index contributed by atoms with van der Waals surface area (Å²) in [6.07, 6.45) is 4.87. The van der Waals surface area contributed by atoms with Crippen molar-refractivity contribution in [1.82, 2.24) is 5.32 Å². The number of rotatable bonds is 9. The summed E-state index contributed by atoms with van der Waals surface area (Å²) in [5.74, 6) is 1.22. The molecule has 1 amide bonds. The molecule has 0 radical (unpaired) electrons. The van der Waals surface area contributed by atoms with Crippen LogP contribution in [0.2, 0.25) is 0 Å². The molecule has 0 spiro atoms. The Labute approximate surface area is 177 Å². The van der Waals surface area contributed by atoms with E-state index in [1.807, 2.05) is 48.5 Å². The van der Waals surface area contributed by atoms with Crippen molar-refractivity contribution in [3.05, 3.63) is 59.7 Å². The maximum absolute atomic E-state index is 12.6. The van der Waals surface area contributed by atoms with Gasteiger partial charge in [-0.15, -0.1) is 0 Å². The van der Waals surface area contributed by atoms with Gasteiger partial charge in [0.15, 0.2) is 6.61 Å². The summed E-state index contributed by atoms with van der Waals surface area (Å²) in [7, 11) is 3.22. The molecule has 2 aromatic carbocycles. The van der Waals surface area contributed by atoms with E-state index in [4.69, 9.17) is 14.2 Å². The van der Waals surface area contributed by atoms with E-state index in [1.165, 1.54) is 12.8 Å². The van der Waals surface area contributed by atoms with Crippen molar-refractivity contribution in [2.45, 2.75) is 38.1 Å². The molecule has 6 heteroatoms. The Hall–Kier alpha value is -3.02. The van der Waals surface area contributed by atoms with Crippen molar-refractivity contribution >= 4 is 11.9 Å². The second kappa shape index (κ2) is 10.7. The van der Waals surface area contributed by atoms with E-state index < -0.39 is 0 Å². The van der Waals surface area contributed by atoms with Crippen molar-refractivity contribution in [2.75, 3.05) is 20.8 Å². The van der Waals surface area contributed by atoms with Crippen LogP contribution in [-0.4, -0.2) is 32.7 Å². The van der Waals surface area contributed by atoms with E-state index in [1.54, 1.807) is 14.2 Å². The zero-order valence-electron chi connectivity index (χ0n) is 17.6. The van der Waals surface area contributed by atoms with Gasteiger partial charge in [-0.2, -0.15) is 0 Å². The molecular formula is C24H29NO5. The van der Waals surface area contributed by atoms with Crippen molar-refractivity contribution in [3.63, 3.8) is 0 Å². The smallest absolute Gasteiger partial charge is 0.306 e. The zero-order valence-corrected chi connectivity index (χ0v) is 17.6. The van der Waals surface area contributed by atoms with Gasteiger partial charge >= 0.3 is 5.97 Å². The average molecular weight is 411 g/mol. The summed E-state index contributed by atoms with van der Waals surface area (Å²) >= 11 is 0. The molecule has 0 saturated heterocycles. The van der Waals surface area contributed by atoms with Crippen LogP contribution in [0, 0.1) is 5.92 Å². The SMILES string of the molecule is COc1ccc(C(NC(=O)COC(=O)CC2CCCC2)c2ccc(OC)cc2)cc1. The number of carbonyl (C=O) groups excluding carboxylic acids is 2. The molecule has 0 bridgehead atoms. The molecule has 1 aliphatic rings. The first-order valence-corrected chi connectivity index (χ1v) is 10.3. The highest BCUT2D eigenvalue weighted by molar-refractivity contribution is 5.81. The molecule has 1 saturated carbocycles. The molecule has 1 fully saturated rings. The maximum Gasteiger partial charge on any atom is 0.306 e. The monoisotopic (exact) mass is 411 g/mol. The first-order chi connectivity index (χ1) is 14.6. The Morgan fingerprint density at radius 2 is 1.40 bits per heavy atom. The van der Waals surface area contributed by atoms with E-state index in [0.717, 1.165) is 35.5 Å². The van der Waals surface area contributed by atoms with Crippen LogP contribution in [0.1, 0.15) is 49.3 Å². The molecule has 1 aliphatic carbocycles. The Balaban J connectivity index is 1.66. The highest BCUT2D eigenvalue weighted by Crippen LogP contribution is 2.28. The van der Waals surface area contributed by atoms with E-state index in [2.05, 4.69) is 5.32 Å². The van der Waals surface area contributed by atoms with E-state index in [9.17, 15) is 9.59 Å². The minimum atomic E-state index is -0.386. The van der Waals surface area contributed by atoms with Crippen LogP contribution in [0.5, 0.6) is 11.5 Å². The van der Waals surface area contributed by atoms with Gasteiger partial charge in [-0.3, -0.25) is 9.59 Å². The fraction of sp³-hybridized carbons (Fsp3) is 0.417. The fourth-order valence-corrected chi connectivity index (χ4v) is 3.81. The lowest BCUT2D eigenvalue weighted by Crippen LogP contribution is -2.33. The quantitative estimate of drug-likeness (QED) is 0.631. The predicted octanol–water partition coefficient (Wildman–Crippen LogP) is 4.03. The third-order valence-electron chi connectivity index (χ3n) is 5.50. The molecule has 0 heterocycles. The molecule has 160 valence electrons. The zero-order chi connectivity index (χ0) is 21.3. The molecule has 0 aromatic heterocycles. The van der Waals surface area contributed by atoms with Gasteiger partial charge in [0.05, 0.1) is 20.3 Å².